The van der Waals surface area contributed by atoms with Crippen LogP contribution in [0.5, 0.6) is 5.75 Å². The fourth-order valence-electron chi connectivity index (χ4n) is 1.68. The zero-order chi connectivity index (χ0) is 17.2. The molecule has 5 nitrogen and oxygen atoms in total. The number of hydrogen-bond donors (Lipinski definition) is 3. The van der Waals surface area contributed by atoms with Crippen molar-refractivity contribution in [1.82, 2.24) is 9.97 Å². The molecule has 0 radical (unpaired) electrons. The number of nitrogens with one attached hydrogen (secondary N) is 2. The fourth-order valence-corrected chi connectivity index (χ4v) is 2.17. The number of phenolic OH excluding ortho intramolecular Hbond substituents is 1. The van der Waals surface area contributed by atoms with Gasteiger partial charge < -0.3 is 15.7 Å². The number of benzene rings is 1. The summed E-state index contributed by atoms with van der Waals surface area (Å²) in [6.07, 6.45) is -4.62. The number of nitrogens with zero attached hydrogens (tertiary/aromatic N) is 2. The molecule has 10 heteroatoms. The van der Waals surface area contributed by atoms with Gasteiger partial charge in [-0.2, -0.15) is 18.2 Å². The lowest BCUT2D eigenvalue weighted by atomic mass is 10.3. The molecule has 0 saturated heterocycles. The van der Waals surface area contributed by atoms with E-state index in [1.54, 1.807) is 6.92 Å². The average molecular weight is 367 g/mol. The smallest absolute Gasteiger partial charge is 0.433 e. The van der Waals surface area contributed by atoms with Gasteiger partial charge in [-0.05, 0) is 19.1 Å². The van der Waals surface area contributed by atoms with E-state index in [0.717, 1.165) is 6.07 Å². The quantitative estimate of drug-likeness (QED) is 0.685. The first-order valence-corrected chi connectivity index (χ1v) is 7.11. The first kappa shape index (κ1) is 17.4. The van der Waals surface area contributed by atoms with Gasteiger partial charge in [0.1, 0.15) is 5.82 Å². The number of rotatable bonds is 4. The van der Waals surface area contributed by atoms with Crippen molar-refractivity contribution in [2.24, 2.45) is 0 Å². The van der Waals surface area contributed by atoms with E-state index in [1.807, 2.05) is 0 Å². The predicted molar refractivity (Wildman–Crippen MR) is 82.6 cm³/mol. The minimum Gasteiger partial charge on any atom is -0.505 e. The second kappa shape index (κ2) is 6.67. The first-order chi connectivity index (χ1) is 10.7. The van der Waals surface area contributed by atoms with Gasteiger partial charge in [0.2, 0.25) is 5.95 Å². The Morgan fingerprint density at radius 2 is 1.74 bits per heavy atom. The van der Waals surface area contributed by atoms with E-state index in [2.05, 4.69) is 20.6 Å². The van der Waals surface area contributed by atoms with Crippen molar-refractivity contribution in [3.63, 3.8) is 0 Å². The molecular weight excluding hydrogens is 356 g/mol. The van der Waals surface area contributed by atoms with Gasteiger partial charge >= 0.3 is 6.18 Å². The Morgan fingerprint density at radius 3 is 2.26 bits per heavy atom. The molecule has 0 fully saturated rings. The van der Waals surface area contributed by atoms with Crippen molar-refractivity contribution in [3.05, 3.63) is 33.9 Å². The van der Waals surface area contributed by atoms with Gasteiger partial charge in [-0.1, -0.05) is 23.2 Å². The van der Waals surface area contributed by atoms with Crippen LogP contribution in [-0.4, -0.2) is 21.6 Å². The summed E-state index contributed by atoms with van der Waals surface area (Å²) in [4.78, 5) is 7.34. The minimum absolute atomic E-state index is 0.0444. The van der Waals surface area contributed by atoms with Crippen molar-refractivity contribution in [3.8, 4) is 5.75 Å². The summed E-state index contributed by atoms with van der Waals surface area (Å²) in [7, 11) is 0. The van der Waals surface area contributed by atoms with Gasteiger partial charge in [-0.25, -0.2) is 4.98 Å². The van der Waals surface area contributed by atoms with Crippen LogP contribution in [0.4, 0.5) is 30.6 Å². The zero-order valence-corrected chi connectivity index (χ0v) is 13.2. The standard InChI is InChI=1S/C13H11Cl2F3N4O/c1-2-19-12-21-9(13(16,17)18)5-10(22-12)20-6-3-7(14)11(23)8(15)4-6/h3-5,23H,2H2,1H3,(H2,19,20,21,22). The normalized spacial score (nSPS) is 11.4. The third-order valence-electron chi connectivity index (χ3n) is 2.64. The largest absolute Gasteiger partial charge is 0.505 e. The van der Waals surface area contributed by atoms with E-state index in [9.17, 15) is 18.3 Å². The molecule has 0 aliphatic rings. The van der Waals surface area contributed by atoms with Crippen LogP contribution in [0, 0.1) is 0 Å². The topological polar surface area (TPSA) is 70.1 Å². The third kappa shape index (κ3) is 4.29. The molecule has 0 unspecified atom stereocenters. The summed E-state index contributed by atoms with van der Waals surface area (Å²) in [5.74, 6) is -0.576. The van der Waals surface area contributed by atoms with E-state index >= 15 is 0 Å². The number of aromatic hydroxyl groups is 1. The summed E-state index contributed by atoms with van der Waals surface area (Å²) in [6.45, 7) is 2.06. The second-order valence-corrected chi connectivity index (χ2v) is 5.22. The summed E-state index contributed by atoms with van der Waals surface area (Å²) in [5.41, 5.74) is -0.825. The van der Waals surface area contributed by atoms with Crippen molar-refractivity contribution < 1.29 is 18.3 Å². The monoisotopic (exact) mass is 366 g/mol. The molecule has 124 valence electrons. The maximum absolute atomic E-state index is 12.9. The van der Waals surface area contributed by atoms with Crippen molar-refractivity contribution >= 4 is 40.7 Å². The van der Waals surface area contributed by atoms with Crippen LogP contribution < -0.4 is 10.6 Å². The Kier molecular flexibility index (Phi) is 5.06. The van der Waals surface area contributed by atoms with Crippen LogP contribution in [0.2, 0.25) is 10.0 Å². The molecule has 1 aromatic carbocycles. The van der Waals surface area contributed by atoms with E-state index < -0.39 is 11.9 Å². The Bertz CT molecular complexity index is 702. The lowest BCUT2D eigenvalue weighted by Gasteiger charge is -2.13. The lowest BCUT2D eigenvalue weighted by Crippen LogP contribution is -2.13. The first-order valence-electron chi connectivity index (χ1n) is 6.36. The molecule has 0 aliphatic carbocycles. The SMILES string of the molecule is CCNc1nc(Nc2cc(Cl)c(O)c(Cl)c2)cc(C(F)(F)F)n1. The molecule has 1 aromatic heterocycles. The molecule has 23 heavy (non-hydrogen) atoms. The molecule has 0 amide bonds. The summed E-state index contributed by atoms with van der Waals surface area (Å²) >= 11 is 11.5. The van der Waals surface area contributed by atoms with Gasteiger partial charge in [0.15, 0.2) is 11.4 Å². The summed E-state index contributed by atoms with van der Waals surface area (Å²) < 4.78 is 38.7. The number of hydrogen-bond acceptors (Lipinski definition) is 5. The molecular formula is C13H11Cl2F3N4O. The Morgan fingerprint density at radius 1 is 1.13 bits per heavy atom. The molecule has 0 spiro atoms. The van der Waals surface area contributed by atoms with Crippen LogP contribution in [0.25, 0.3) is 0 Å². The van der Waals surface area contributed by atoms with Gasteiger partial charge in [0, 0.05) is 18.3 Å². The van der Waals surface area contributed by atoms with Crippen LogP contribution in [0.1, 0.15) is 12.6 Å². The van der Waals surface area contributed by atoms with Crippen molar-refractivity contribution in [2.45, 2.75) is 13.1 Å². The third-order valence-corrected chi connectivity index (χ3v) is 3.22. The highest BCUT2D eigenvalue weighted by Crippen LogP contribution is 2.36. The number of aromatic nitrogens is 2. The molecule has 1 heterocycles. The fraction of sp³-hybridized carbons (Fsp3) is 0.231. The van der Waals surface area contributed by atoms with Crippen LogP contribution >= 0.6 is 23.2 Å². The zero-order valence-electron chi connectivity index (χ0n) is 11.7. The molecule has 0 bridgehead atoms. The highest BCUT2D eigenvalue weighted by atomic mass is 35.5. The number of phenols is 1. The minimum atomic E-state index is -4.62. The van der Waals surface area contributed by atoms with Gasteiger partial charge in [-0.15, -0.1) is 0 Å². The van der Waals surface area contributed by atoms with Gasteiger partial charge in [0.05, 0.1) is 10.0 Å². The number of anilines is 3. The van der Waals surface area contributed by atoms with E-state index in [4.69, 9.17) is 23.2 Å². The van der Waals surface area contributed by atoms with Gasteiger partial charge in [0.25, 0.3) is 0 Å². The van der Waals surface area contributed by atoms with Crippen molar-refractivity contribution in [2.75, 3.05) is 17.2 Å². The van der Waals surface area contributed by atoms with Crippen LogP contribution in [0.15, 0.2) is 18.2 Å². The van der Waals surface area contributed by atoms with Crippen molar-refractivity contribution in [1.29, 1.82) is 0 Å². The predicted octanol–water partition coefficient (Wildman–Crippen LogP) is 4.68. The summed E-state index contributed by atoms with van der Waals surface area (Å²) in [6, 6.07) is 3.38. The molecule has 0 aliphatic heterocycles. The number of alkyl halides is 3. The molecule has 0 atom stereocenters. The summed E-state index contributed by atoms with van der Waals surface area (Å²) in [5, 5.41) is 14.7. The van der Waals surface area contributed by atoms with Gasteiger partial charge in [-0.3, -0.25) is 0 Å². The second-order valence-electron chi connectivity index (χ2n) is 4.40. The lowest BCUT2D eigenvalue weighted by molar-refractivity contribution is -0.141. The van der Waals surface area contributed by atoms with E-state index in [1.165, 1.54) is 12.1 Å². The Hall–Kier alpha value is -1.93. The van der Waals surface area contributed by atoms with Crippen LogP contribution in [-0.2, 0) is 6.18 Å². The highest BCUT2D eigenvalue weighted by molar-refractivity contribution is 6.37. The maximum Gasteiger partial charge on any atom is 0.433 e. The van der Waals surface area contributed by atoms with Crippen LogP contribution in [0.3, 0.4) is 0 Å². The highest BCUT2D eigenvalue weighted by Gasteiger charge is 2.33. The Balaban J connectivity index is 2.40. The molecule has 3 N–H and O–H groups in total. The molecule has 2 aromatic rings. The van der Waals surface area contributed by atoms with E-state index in [-0.39, 0.29) is 33.2 Å². The van der Waals surface area contributed by atoms with E-state index in [0.29, 0.717) is 6.54 Å². The maximum atomic E-state index is 12.9. The molecule has 2 rings (SSSR count). The average Bonchev–Trinajstić information content (AvgIpc) is 2.44. The Labute approximate surface area is 139 Å². The number of halogens is 5. The molecule has 0 saturated carbocycles.